The first-order chi connectivity index (χ1) is 15.6. The Morgan fingerprint density at radius 1 is 1.06 bits per heavy atom. The third-order valence-corrected chi connectivity index (χ3v) is 7.40. The van der Waals surface area contributed by atoms with Crippen molar-refractivity contribution in [3.8, 4) is 0 Å². The van der Waals surface area contributed by atoms with Crippen molar-refractivity contribution >= 4 is 32.7 Å². The quantitative estimate of drug-likeness (QED) is 0.452. The monoisotopic (exact) mass is 495 g/mol. The van der Waals surface area contributed by atoms with E-state index in [9.17, 15) is 23.1 Å². The Hall–Kier alpha value is -2.50. The first-order valence-corrected chi connectivity index (χ1v) is 12.1. The molecular formula is C22H26ClN3O6S. The van der Waals surface area contributed by atoms with Crippen molar-refractivity contribution in [3.05, 3.63) is 73.8 Å². The van der Waals surface area contributed by atoms with Crippen LogP contribution in [-0.4, -0.2) is 53.8 Å². The molecule has 2 aromatic carbocycles. The summed E-state index contributed by atoms with van der Waals surface area (Å²) in [7, 11) is -0.969. The Kier molecular flexibility index (Phi) is 7.76. The van der Waals surface area contributed by atoms with E-state index in [1.807, 2.05) is 6.07 Å². The second kappa shape index (κ2) is 10.2. The topological polar surface area (TPSA) is 111 Å². The van der Waals surface area contributed by atoms with Crippen molar-refractivity contribution in [1.29, 1.82) is 0 Å². The molecule has 0 amide bonds. The van der Waals surface area contributed by atoms with Gasteiger partial charge in [-0.25, -0.2) is 12.7 Å². The molecule has 1 atom stereocenters. The summed E-state index contributed by atoms with van der Waals surface area (Å²) in [5.41, 5.74) is -0.233. The van der Waals surface area contributed by atoms with Gasteiger partial charge in [-0.3, -0.25) is 14.2 Å². The molecule has 0 bridgehead atoms. The van der Waals surface area contributed by atoms with E-state index >= 15 is 0 Å². The number of aromatic nitrogens is 2. The number of aliphatic hydroxyl groups is 1. The number of fused-ring (bicyclic) bond motifs is 1. The number of nitrogens with zero attached hydrogens (tertiary/aromatic N) is 3. The number of rotatable bonds is 9. The molecule has 0 spiro atoms. The molecule has 3 rings (SSSR count). The van der Waals surface area contributed by atoms with Gasteiger partial charge in [0.05, 0.1) is 41.8 Å². The molecule has 0 aliphatic rings. The average molecular weight is 496 g/mol. The molecule has 0 saturated heterocycles. The van der Waals surface area contributed by atoms with E-state index in [4.69, 9.17) is 16.3 Å². The maximum absolute atomic E-state index is 12.8. The van der Waals surface area contributed by atoms with E-state index in [-0.39, 0.29) is 36.7 Å². The second-order valence-corrected chi connectivity index (χ2v) is 10.2. The minimum Gasteiger partial charge on any atom is -0.389 e. The third kappa shape index (κ3) is 5.20. The largest absolute Gasteiger partial charge is 0.389 e. The number of hydrogen-bond acceptors (Lipinski definition) is 6. The van der Waals surface area contributed by atoms with Crippen molar-refractivity contribution in [2.24, 2.45) is 0 Å². The lowest BCUT2D eigenvalue weighted by molar-refractivity contribution is 0.0204. The normalized spacial score (nSPS) is 13.0. The predicted octanol–water partition coefficient (Wildman–Crippen LogP) is 1.66. The van der Waals surface area contributed by atoms with E-state index in [1.165, 1.54) is 36.9 Å². The zero-order valence-electron chi connectivity index (χ0n) is 18.6. The van der Waals surface area contributed by atoms with Crippen LogP contribution >= 0.6 is 11.6 Å². The van der Waals surface area contributed by atoms with E-state index in [2.05, 4.69) is 0 Å². The number of hydrogen-bond donors (Lipinski definition) is 1. The van der Waals surface area contributed by atoms with Gasteiger partial charge in [-0.1, -0.05) is 29.8 Å². The van der Waals surface area contributed by atoms with Crippen molar-refractivity contribution in [2.75, 3.05) is 20.7 Å². The molecule has 0 aliphatic carbocycles. The highest BCUT2D eigenvalue weighted by molar-refractivity contribution is 7.89. The zero-order valence-corrected chi connectivity index (χ0v) is 20.1. The molecule has 1 heterocycles. The predicted molar refractivity (Wildman–Crippen MR) is 126 cm³/mol. The van der Waals surface area contributed by atoms with Crippen LogP contribution < -0.4 is 11.1 Å². The first kappa shape index (κ1) is 25.1. The summed E-state index contributed by atoms with van der Waals surface area (Å²) in [6, 6.07) is 11.4. The van der Waals surface area contributed by atoms with E-state index < -0.39 is 27.2 Å². The van der Waals surface area contributed by atoms with Crippen LogP contribution in [-0.2, 0) is 34.5 Å². The van der Waals surface area contributed by atoms with Gasteiger partial charge in [-0.2, -0.15) is 0 Å². The van der Waals surface area contributed by atoms with Gasteiger partial charge in [0.15, 0.2) is 0 Å². The van der Waals surface area contributed by atoms with Gasteiger partial charge in [0.25, 0.3) is 0 Å². The van der Waals surface area contributed by atoms with Crippen molar-refractivity contribution in [1.82, 2.24) is 13.4 Å². The fourth-order valence-electron chi connectivity index (χ4n) is 3.45. The van der Waals surface area contributed by atoms with Crippen molar-refractivity contribution in [3.63, 3.8) is 0 Å². The smallest absolute Gasteiger partial charge is 0.317 e. The maximum Gasteiger partial charge on any atom is 0.317 e. The second-order valence-electron chi connectivity index (χ2n) is 7.66. The minimum atomic E-state index is -3.77. The molecule has 1 aromatic heterocycles. The average Bonchev–Trinajstić information content (AvgIpc) is 2.78. The minimum absolute atomic E-state index is 0.0288. The highest BCUT2D eigenvalue weighted by atomic mass is 35.5. The van der Waals surface area contributed by atoms with Gasteiger partial charge < -0.3 is 14.4 Å². The lowest BCUT2D eigenvalue weighted by Gasteiger charge is -2.19. The lowest BCUT2D eigenvalue weighted by Crippen LogP contribution is -2.43. The summed E-state index contributed by atoms with van der Waals surface area (Å²) in [6.07, 6.45) is -1.13. The molecule has 11 heteroatoms. The molecular weight excluding hydrogens is 470 g/mol. The summed E-state index contributed by atoms with van der Waals surface area (Å²) < 4.78 is 34.2. The van der Waals surface area contributed by atoms with Crippen LogP contribution in [0.3, 0.4) is 0 Å². The first-order valence-electron chi connectivity index (χ1n) is 10.3. The van der Waals surface area contributed by atoms with Crippen LogP contribution in [0.15, 0.2) is 56.9 Å². The van der Waals surface area contributed by atoms with E-state index in [0.717, 1.165) is 14.4 Å². The molecule has 0 unspecified atom stereocenters. The molecule has 0 aliphatic heterocycles. The fourth-order valence-corrected chi connectivity index (χ4v) is 4.56. The highest BCUT2D eigenvalue weighted by Gasteiger charge is 2.21. The summed E-state index contributed by atoms with van der Waals surface area (Å²) in [6.45, 7) is 1.74. The van der Waals surface area contributed by atoms with Gasteiger partial charge >= 0.3 is 11.1 Å². The van der Waals surface area contributed by atoms with Crippen LogP contribution in [0.4, 0.5) is 0 Å². The SMILES string of the molecule is CCn1c(=O)c(=O)n(C[C@@H](O)COCc2ccccc2Cl)c2cc(S(=O)(=O)N(C)C)ccc21. The number of halogens is 1. The Balaban J connectivity index is 1.96. The highest BCUT2D eigenvalue weighted by Crippen LogP contribution is 2.20. The van der Waals surface area contributed by atoms with Crippen LogP contribution in [0, 0.1) is 0 Å². The van der Waals surface area contributed by atoms with Crippen LogP contribution in [0.2, 0.25) is 5.02 Å². The fraction of sp³-hybridized carbons (Fsp3) is 0.364. The van der Waals surface area contributed by atoms with Crippen LogP contribution in [0.1, 0.15) is 12.5 Å². The van der Waals surface area contributed by atoms with Gasteiger partial charge in [-0.15, -0.1) is 0 Å². The van der Waals surface area contributed by atoms with Crippen LogP contribution in [0.25, 0.3) is 11.0 Å². The molecule has 0 radical (unpaired) electrons. The number of benzene rings is 2. The van der Waals surface area contributed by atoms with Gasteiger partial charge in [0, 0.05) is 25.7 Å². The molecule has 9 nitrogen and oxygen atoms in total. The Morgan fingerprint density at radius 2 is 1.73 bits per heavy atom. The zero-order chi connectivity index (χ0) is 24.3. The summed E-state index contributed by atoms with van der Waals surface area (Å²) >= 11 is 6.10. The summed E-state index contributed by atoms with van der Waals surface area (Å²) in [4.78, 5) is 25.4. The van der Waals surface area contributed by atoms with Crippen molar-refractivity contribution in [2.45, 2.75) is 37.6 Å². The molecule has 0 saturated carbocycles. The van der Waals surface area contributed by atoms with Gasteiger partial charge in [0.1, 0.15) is 0 Å². The van der Waals surface area contributed by atoms with Gasteiger partial charge in [-0.05, 0) is 36.8 Å². The third-order valence-electron chi connectivity index (χ3n) is 5.22. The Labute approximate surface area is 196 Å². The number of ether oxygens (including phenoxy) is 1. The Bertz CT molecular complexity index is 1380. The number of sulfonamides is 1. The molecule has 178 valence electrons. The Morgan fingerprint density at radius 3 is 2.36 bits per heavy atom. The maximum atomic E-state index is 12.8. The number of aryl methyl sites for hydroxylation is 1. The molecule has 33 heavy (non-hydrogen) atoms. The van der Waals surface area contributed by atoms with E-state index in [1.54, 1.807) is 25.1 Å². The van der Waals surface area contributed by atoms with Crippen LogP contribution in [0.5, 0.6) is 0 Å². The van der Waals surface area contributed by atoms with Gasteiger partial charge in [0.2, 0.25) is 10.0 Å². The lowest BCUT2D eigenvalue weighted by atomic mass is 10.2. The molecule has 1 N–H and O–H groups in total. The standard InChI is InChI=1S/C22H26ClN3O6S/c1-4-25-19-10-9-17(33(30,31)24(2)3)11-20(19)26(22(29)21(25)28)12-16(27)14-32-13-15-7-5-6-8-18(15)23/h5-11,16,27H,4,12-14H2,1-3H3/t16-/m1/s1. The summed E-state index contributed by atoms with van der Waals surface area (Å²) in [5.74, 6) is 0. The van der Waals surface area contributed by atoms with E-state index in [0.29, 0.717) is 10.5 Å². The molecule has 0 fully saturated rings. The molecule has 3 aromatic rings. The summed E-state index contributed by atoms with van der Waals surface area (Å²) in [5, 5.41) is 11.0. The van der Waals surface area contributed by atoms with Crippen molar-refractivity contribution < 1.29 is 18.3 Å². The number of aliphatic hydroxyl groups excluding tert-OH is 1.